The normalized spacial score (nSPS) is 20.6. The van der Waals surface area contributed by atoms with Crippen LogP contribution in [0.1, 0.15) is 57.2 Å². The first kappa shape index (κ1) is 14.1. The topological polar surface area (TPSA) is 12.0 Å². The zero-order valence-corrected chi connectivity index (χ0v) is 12.9. The summed E-state index contributed by atoms with van der Waals surface area (Å²) in [5.41, 5.74) is 1.08. The van der Waals surface area contributed by atoms with Gasteiger partial charge in [0.05, 0.1) is 0 Å². The molecule has 0 radical (unpaired) electrons. The van der Waals surface area contributed by atoms with Gasteiger partial charge in [-0.15, -0.1) is 11.3 Å². The Bertz CT molecular complexity index is 341. The predicted molar refractivity (Wildman–Crippen MR) is 81.4 cm³/mol. The van der Waals surface area contributed by atoms with Gasteiger partial charge in [0.25, 0.3) is 0 Å². The maximum absolute atomic E-state index is 3.43. The van der Waals surface area contributed by atoms with E-state index in [0.717, 1.165) is 6.54 Å². The van der Waals surface area contributed by atoms with Gasteiger partial charge in [0.1, 0.15) is 0 Å². The summed E-state index contributed by atoms with van der Waals surface area (Å²) in [6, 6.07) is 4.54. The lowest BCUT2D eigenvalue weighted by molar-refractivity contribution is 0.00601. The van der Waals surface area contributed by atoms with Crippen molar-refractivity contribution in [2.75, 3.05) is 13.6 Å². The van der Waals surface area contributed by atoms with Crippen molar-refractivity contribution in [3.05, 3.63) is 22.4 Å². The minimum Gasteiger partial charge on any atom is -0.319 e. The minimum absolute atomic E-state index is 0.438. The van der Waals surface area contributed by atoms with Crippen molar-refractivity contribution in [2.45, 2.75) is 57.8 Å². The molecule has 1 aliphatic rings. The van der Waals surface area contributed by atoms with Crippen molar-refractivity contribution in [1.82, 2.24) is 5.32 Å². The van der Waals surface area contributed by atoms with E-state index >= 15 is 0 Å². The molecular formula is C16H27NS. The van der Waals surface area contributed by atoms with Gasteiger partial charge < -0.3 is 5.32 Å². The van der Waals surface area contributed by atoms with Crippen LogP contribution in [0.5, 0.6) is 0 Å². The third-order valence-corrected chi connectivity index (χ3v) is 5.66. The molecule has 2 rings (SSSR count). The molecule has 102 valence electrons. The molecule has 1 aromatic heterocycles. The quantitative estimate of drug-likeness (QED) is 0.760. The molecule has 0 unspecified atom stereocenters. The average Bonchev–Trinajstić information content (AvgIpc) is 2.81. The second kappa shape index (κ2) is 5.75. The van der Waals surface area contributed by atoms with Crippen LogP contribution in [-0.2, 0) is 5.41 Å². The molecule has 1 aromatic rings. The number of rotatable bonds is 7. The fourth-order valence-electron chi connectivity index (χ4n) is 4.23. The lowest BCUT2D eigenvalue weighted by Gasteiger charge is -2.57. The van der Waals surface area contributed by atoms with Crippen LogP contribution in [-0.4, -0.2) is 13.6 Å². The summed E-state index contributed by atoms with van der Waals surface area (Å²) in [7, 11) is 2.09. The highest BCUT2D eigenvalue weighted by Crippen LogP contribution is 2.60. The molecule has 0 saturated heterocycles. The largest absolute Gasteiger partial charge is 0.319 e. The molecule has 0 bridgehead atoms. The first-order valence-electron chi connectivity index (χ1n) is 7.39. The highest BCUT2D eigenvalue weighted by molar-refractivity contribution is 7.10. The summed E-state index contributed by atoms with van der Waals surface area (Å²) in [5.74, 6) is 0. The summed E-state index contributed by atoms with van der Waals surface area (Å²) in [6.07, 6.45) is 8.28. The smallest absolute Gasteiger partial charge is 0.0182 e. The Kier molecular flexibility index (Phi) is 4.50. The van der Waals surface area contributed by atoms with E-state index in [1.807, 2.05) is 11.3 Å². The summed E-state index contributed by atoms with van der Waals surface area (Å²) in [5, 5.41) is 5.66. The third kappa shape index (κ3) is 2.50. The summed E-state index contributed by atoms with van der Waals surface area (Å²) < 4.78 is 0. The van der Waals surface area contributed by atoms with E-state index in [1.165, 1.54) is 38.5 Å². The fraction of sp³-hybridized carbons (Fsp3) is 0.750. The van der Waals surface area contributed by atoms with Crippen LogP contribution in [0.15, 0.2) is 17.5 Å². The first-order valence-corrected chi connectivity index (χ1v) is 8.27. The van der Waals surface area contributed by atoms with E-state index in [2.05, 4.69) is 43.7 Å². The van der Waals surface area contributed by atoms with E-state index < -0.39 is 0 Å². The second-order valence-electron chi connectivity index (χ2n) is 6.14. The van der Waals surface area contributed by atoms with Crippen LogP contribution >= 0.6 is 11.3 Å². The lowest BCUT2D eigenvalue weighted by Crippen LogP contribution is -2.54. The van der Waals surface area contributed by atoms with E-state index in [0.29, 0.717) is 10.8 Å². The van der Waals surface area contributed by atoms with Crippen LogP contribution in [0.25, 0.3) is 0 Å². The summed E-state index contributed by atoms with van der Waals surface area (Å²) >= 11 is 1.94. The third-order valence-electron chi connectivity index (χ3n) is 4.55. The zero-order chi connectivity index (χ0) is 13.1. The Morgan fingerprint density at radius 1 is 1.22 bits per heavy atom. The van der Waals surface area contributed by atoms with Gasteiger partial charge >= 0.3 is 0 Å². The molecule has 0 aromatic carbocycles. The SMILES string of the molecule is CCCC1(CCC)CC(CNC)(c2cccs2)C1. The van der Waals surface area contributed by atoms with Crippen LogP contribution in [0, 0.1) is 5.41 Å². The van der Waals surface area contributed by atoms with E-state index in [-0.39, 0.29) is 0 Å². The Hall–Kier alpha value is -0.340. The van der Waals surface area contributed by atoms with Crippen LogP contribution in [0.3, 0.4) is 0 Å². The molecule has 0 amide bonds. The van der Waals surface area contributed by atoms with E-state index in [9.17, 15) is 0 Å². The number of hydrogen-bond donors (Lipinski definition) is 1. The standard InChI is InChI=1S/C16H27NS/c1-4-8-15(9-5-2)11-16(12-15,13-17-3)14-7-6-10-18-14/h6-7,10,17H,4-5,8-9,11-13H2,1-3H3. The lowest BCUT2D eigenvalue weighted by atomic mass is 9.49. The Morgan fingerprint density at radius 3 is 2.33 bits per heavy atom. The summed E-state index contributed by atoms with van der Waals surface area (Å²) in [6.45, 7) is 5.81. The van der Waals surface area contributed by atoms with Crippen molar-refractivity contribution >= 4 is 11.3 Å². The van der Waals surface area contributed by atoms with Crippen LogP contribution in [0.2, 0.25) is 0 Å². The van der Waals surface area contributed by atoms with Gasteiger partial charge in [-0.05, 0) is 49.6 Å². The number of hydrogen-bond acceptors (Lipinski definition) is 2. The molecule has 1 nitrogen and oxygen atoms in total. The Balaban J connectivity index is 2.13. The van der Waals surface area contributed by atoms with E-state index in [1.54, 1.807) is 4.88 Å². The number of thiophene rings is 1. The zero-order valence-electron chi connectivity index (χ0n) is 12.1. The predicted octanol–water partition coefficient (Wildman–Crippen LogP) is 4.59. The highest BCUT2D eigenvalue weighted by atomic mass is 32.1. The monoisotopic (exact) mass is 265 g/mol. The second-order valence-corrected chi connectivity index (χ2v) is 7.09. The molecule has 0 aliphatic heterocycles. The first-order chi connectivity index (χ1) is 8.70. The molecule has 1 saturated carbocycles. The molecule has 0 atom stereocenters. The highest BCUT2D eigenvalue weighted by Gasteiger charge is 2.53. The Morgan fingerprint density at radius 2 is 1.89 bits per heavy atom. The van der Waals surface area contributed by atoms with Crippen molar-refractivity contribution in [3.8, 4) is 0 Å². The molecule has 18 heavy (non-hydrogen) atoms. The van der Waals surface area contributed by atoms with Gasteiger partial charge in [0.15, 0.2) is 0 Å². The van der Waals surface area contributed by atoms with Gasteiger partial charge in [0, 0.05) is 16.8 Å². The number of nitrogens with one attached hydrogen (secondary N) is 1. The van der Waals surface area contributed by atoms with Crippen molar-refractivity contribution in [3.63, 3.8) is 0 Å². The molecule has 0 spiro atoms. The molecule has 1 heterocycles. The van der Waals surface area contributed by atoms with Crippen LogP contribution in [0.4, 0.5) is 0 Å². The summed E-state index contributed by atoms with van der Waals surface area (Å²) in [4.78, 5) is 1.60. The molecule has 1 fully saturated rings. The fourth-order valence-corrected chi connectivity index (χ4v) is 5.16. The van der Waals surface area contributed by atoms with E-state index in [4.69, 9.17) is 0 Å². The minimum atomic E-state index is 0.438. The van der Waals surface area contributed by atoms with Gasteiger partial charge in [-0.2, -0.15) is 0 Å². The molecule has 2 heteroatoms. The van der Waals surface area contributed by atoms with Gasteiger partial charge in [0.2, 0.25) is 0 Å². The molecular weight excluding hydrogens is 238 g/mol. The van der Waals surface area contributed by atoms with Crippen molar-refractivity contribution in [1.29, 1.82) is 0 Å². The maximum atomic E-state index is 3.43. The van der Waals surface area contributed by atoms with Gasteiger partial charge in [-0.25, -0.2) is 0 Å². The molecule has 1 N–H and O–H groups in total. The van der Waals surface area contributed by atoms with Crippen molar-refractivity contribution < 1.29 is 0 Å². The van der Waals surface area contributed by atoms with Gasteiger partial charge in [-0.1, -0.05) is 32.8 Å². The maximum Gasteiger partial charge on any atom is 0.0182 e. The number of likely N-dealkylation sites (N-methyl/N-ethyl adjacent to an activating group) is 1. The average molecular weight is 265 g/mol. The Labute approximate surface area is 116 Å². The molecule has 1 aliphatic carbocycles. The van der Waals surface area contributed by atoms with Crippen molar-refractivity contribution in [2.24, 2.45) is 5.41 Å². The van der Waals surface area contributed by atoms with Gasteiger partial charge in [-0.3, -0.25) is 0 Å². The van der Waals surface area contributed by atoms with Crippen LogP contribution < -0.4 is 5.32 Å².